The Morgan fingerprint density at radius 3 is 2.24 bits per heavy atom. The number of alkyl halides is 1. The number of ether oxygens (including phenoxy) is 3. The van der Waals surface area contributed by atoms with Crippen molar-refractivity contribution in [3.63, 3.8) is 0 Å². The molecule has 8 heteroatoms. The van der Waals surface area contributed by atoms with Gasteiger partial charge in [0.2, 0.25) is 0 Å². The van der Waals surface area contributed by atoms with Gasteiger partial charge in [-0.3, -0.25) is 4.79 Å². The number of benzene rings is 2. The van der Waals surface area contributed by atoms with Crippen LogP contribution in [0.1, 0.15) is 45.2 Å². The lowest BCUT2D eigenvalue weighted by Gasteiger charge is -2.27. The first-order valence-electron chi connectivity index (χ1n) is 10.9. The van der Waals surface area contributed by atoms with E-state index in [1.165, 1.54) is 6.92 Å². The number of thioether (sulfide) groups is 1. The van der Waals surface area contributed by atoms with Crippen LogP contribution in [0.3, 0.4) is 0 Å². The molecule has 0 saturated heterocycles. The molecule has 33 heavy (non-hydrogen) atoms. The lowest BCUT2D eigenvalue weighted by Crippen LogP contribution is -2.26. The van der Waals surface area contributed by atoms with Crippen molar-refractivity contribution in [2.75, 3.05) is 30.6 Å². The van der Waals surface area contributed by atoms with E-state index in [0.29, 0.717) is 22.4 Å². The van der Waals surface area contributed by atoms with Crippen LogP contribution in [0.5, 0.6) is 11.5 Å². The second-order valence-electron chi connectivity index (χ2n) is 8.01. The number of rotatable bonds is 13. The lowest BCUT2D eigenvalue weighted by molar-refractivity contribution is -0.146. The number of carbonyl (C=O) groups is 1. The molecule has 1 atom stereocenters. The summed E-state index contributed by atoms with van der Waals surface area (Å²) in [4.78, 5) is 11.2. The highest BCUT2D eigenvalue weighted by Gasteiger charge is 2.26. The predicted octanol–water partition coefficient (Wildman–Crippen LogP) is 7.39. The molecular formula is C25H31Cl3O4S. The molecule has 0 radical (unpaired) electrons. The third kappa shape index (κ3) is 8.47. The molecule has 4 nitrogen and oxygen atoms in total. The maximum atomic E-state index is 11.2. The fourth-order valence-electron chi connectivity index (χ4n) is 3.21. The van der Waals surface area contributed by atoms with Gasteiger partial charge in [0.05, 0.1) is 22.5 Å². The Bertz CT molecular complexity index is 880. The first kappa shape index (κ1) is 28.0. The summed E-state index contributed by atoms with van der Waals surface area (Å²) in [6.07, 6.45) is 0.447. The molecular weight excluding hydrogens is 503 g/mol. The second kappa shape index (κ2) is 13.6. The number of esters is 1. The van der Waals surface area contributed by atoms with E-state index in [-0.39, 0.29) is 17.9 Å². The summed E-state index contributed by atoms with van der Waals surface area (Å²) in [5.74, 6) is 3.12. The molecule has 0 fully saturated rings. The monoisotopic (exact) mass is 532 g/mol. The van der Waals surface area contributed by atoms with E-state index < -0.39 is 12.1 Å². The molecule has 0 heterocycles. The van der Waals surface area contributed by atoms with Gasteiger partial charge in [0.15, 0.2) is 5.75 Å². The maximum Gasteiger partial charge on any atom is 0.303 e. The normalized spacial score (nSPS) is 12.3. The number of halogens is 3. The van der Waals surface area contributed by atoms with Crippen LogP contribution in [0, 0.1) is 0 Å². The maximum absolute atomic E-state index is 11.2. The van der Waals surface area contributed by atoms with E-state index in [4.69, 9.17) is 49.0 Å². The largest absolute Gasteiger partial charge is 0.494 e. The number of hydrogen-bond acceptors (Lipinski definition) is 5. The molecule has 0 spiro atoms. The molecule has 0 N–H and O–H groups in total. The Hall–Kier alpha value is -1.27. The first-order valence-corrected chi connectivity index (χ1v) is 13.3. The second-order valence-corrected chi connectivity index (χ2v) is 10.5. The summed E-state index contributed by atoms with van der Waals surface area (Å²) in [6.45, 7) is 8.47. The Kier molecular flexibility index (Phi) is 11.5. The van der Waals surface area contributed by atoms with E-state index in [9.17, 15) is 4.79 Å². The van der Waals surface area contributed by atoms with E-state index in [2.05, 4.69) is 32.9 Å². The van der Waals surface area contributed by atoms with Gasteiger partial charge in [0, 0.05) is 12.3 Å². The summed E-state index contributed by atoms with van der Waals surface area (Å²) >= 11 is 20.8. The fraction of sp³-hybridized carbons (Fsp3) is 0.480. The summed E-state index contributed by atoms with van der Waals surface area (Å²) < 4.78 is 16.7. The third-order valence-corrected chi connectivity index (χ3v) is 7.01. The average molecular weight is 534 g/mol. The molecule has 0 bridgehead atoms. The van der Waals surface area contributed by atoms with Gasteiger partial charge in [-0.15, -0.1) is 11.6 Å². The van der Waals surface area contributed by atoms with Crippen LogP contribution in [0.25, 0.3) is 0 Å². The Labute approximate surface area is 216 Å². The molecule has 1 unspecified atom stereocenters. The Balaban J connectivity index is 2.10. The average Bonchev–Trinajstić information content (AvgIpc) is 2.77. The highest BCUT2D eigenvalue weighted by molar-refractivity contribution is 7.99. The van der Waals surface area contributed by atoms with Crippen molar-refractivity contribution in [3.8, 4) is 11.5 Å². The van der Waals surface area contributed by atoms with E-state index in [1.807, 2.05) is 36.0 Å². The van der Waals surface area contributed by atoms with Gasteiger partial charge in [0.25, 0.3) is 0 Å². The summed E-state index contributed by atoms with van der Waals surface area (Å²) in [5, 5.41) is 0.762. The van der Waals surface area contributed by atoms with Gasteiger partial charge in [-0.05, 0) is 53.3 Å². The minimum atomic E-state index is -0.585. The molecule has 182 valence electrons. The summed E-state index contributed by atoms with van der Waals surface area (Å²) in [7, 11) is 0. The molecule has 0 aliphatic carbocycles. The van der Waals surface area contributed by atoms with Crippen molar-refractivity contribution >= 4 is 52.5 Å². The summed E-state index contributed by atoms with van der Waals surface area (Å²) in [6, 6.07) is 11.8. The quantitative estimate of drug-likeness (QED) is 0.153. The highest BCUT2D eigenvalue weighted by Crippen LogP contribution is 2.40. The molecule has 0 amide bonds. The topological polar surface area (TPSA) is 44.8 Å². The summed E-state index contributed by atoms with van der Waals surface area (Å²) in [5.41, 5.74) is 1.71. The van der Waals surface area contributed by atoms with Crippen molar-refractivity contribution in [1.82, 2.24) is 0 Å². The van der Waals surface area contributed by atoms with Crippen LogP contribution in [-0.4, -0.2) is 42.7 Å². The number of carbonyl (C=O) groups excluding carboxylic acids is 1. The molecule has 0 saturated carbocycles. The van der Waals surface area contributed by atoms with Gasteiger partial charge in [-0.25, -0.2) is 0 Å². The van der Waals surface area contributed by atoms with Crippen molar-refractivity contribution in [3.05, 3.63) is 57.6 Å². The molecule has 0 aliphatic rings. The third-order valence-electron chi connectivity index (χ3n) is 5.12. The van der Waals surface area contributed by atoms with Crippen molar-refractivity contribution in [1.29, 1.82) is 0 Å². The standard InChI is InChI=1S/C25H31Cl3O4S/c1-5-33-12-6-11-30-20-9-7-18(8-10-20)25(3,4)19-13-22(27)24(23(28)14-19)31-16-21(15-26)32-17(2)29/h7-10,13-14,21H,5-6,11-12,15-16H2,1-4H3. The smallest absolute Gasteiger partial charge is 0.303 e. The van der Waals surface area contributed by atoms with Gasteiger partial charge in [0.1, 0.15) is 18.5 Å². The SMILES string of the molecule is CCSCCCOc1ccc(C(C)(C)c2cc(Cl)c(OCC(CCl)OC(C)=O)c(Cl)c2)cc1. The minimum Gasteiger partial charge on any atom is -0.494 e. The fourth-order valence-corrected chi connectivity index (χ4v) is 4.57. The molecule has 2 aromatic rings. The van der Waals surface area contributed by atoms with Gasteiger partial charge >= 0.3 is 5.97 Å². The zero-order valence-corrected chi connectivity index (χ0v) is 22.5. The highest BCUT2D eigenvalue weighted by atomic mass is 35.5. The predicted molar refractivity (Wildman–Crippen MR) is 140 cm³/mol. The Morgan fingerprint density at radius 2 is 1.70 bits per heavy atom. The zero-order valence-electron chi connectivity index (χ0n) is 19.5. The first-order chi connectivity index (χ1) is 15.7. The molecule has 2 rings (SSSR count). The van der Waals surface area contributed by atoms with E-state index in [1.54, 1.807) is 0 Å². The number of hydrogen-bond donors (Lipinski definition) is 0. The van der Waals surface area contributed by atoms with Crippen LogP contribution in [0.2, 0.25) is 10.0 Å². The lowest BCUT2D eigenvalue weighted by atomic mass is 9.78. The van der Waals surface area contributed by atoms with Crippen molar-refractivity contribution < 1.29 is 19.0 Å². The molecule has 0 aliphatic heterocycles. The Morgan fingerprint density at radius 1 is 1.06 bits per heavy atom. The minimum absolute atomic E-state index is 0.0594. The van der Waals surface area contributed by atoms with Gasteiger partial charge in [-0.1, -0.05) is 56.1 Å². The molecule has 2 aromatic carbocycles. The van der Waals surface area contributed by atoms with Crippen LogP contribution >= 0.6 is 46.6 Å². The van der Waals surface area contributed by atoms with Gasteiger partial charge < -0.3 is 14.2 Å². The van der Waals surface area contributed by atoms with Crippen LogP contribution in [0.4, 0.5) is 0 Å². The van der Waals surface area contributed by atoms with Gasteiger partial charge in [-0.2, -0.15) is 11.8 Å². The molecule has 0 aromatic heterocycles. The zero-order chi connectivity index (χ0) is 24.4. The van der Waals surface area contributed by atoms with Crippen molar-refractivity contribution in [2.24, 2.45) is 0 Å². The van der Waals surface area contributed by atoms with Crippen LogP contribution in [-0.2, 0) is 14.9 Å². The van der Waals surface area contributed by atoms with Crippen molar-refractivity contribution in [2.45, 2.75) is 45.6 Å². The van der Waals surface area contributed by atoms with Crippen LogP contribution < -0.4 is 9.47 Å². The van der Waals surface area contributed by atoms with Crippen LogP contribution in [0.15, 0.2) is 36.4 Å². The van der Waals surface area contributed by atoms with E-state index >= 15 is 0 Å². The van der Waals surface area contributed by atoms with E-state index in [0.717, 1.165) is 34.8 Å².